The van der Waals surface area contributed by atoms with Crippen molar-refractivity contribution in [1.82, 2.24) is 15.0 Å². The van der Waals surface area contributed by atoms with Crippen LogP contribution < -0.4 is 5.32 Å². The highest BCUT2D eigenvalue weighted by Crippen LogP contribution is 2.14. The molecule has 0 saturated carbocycles. The highest BCUT2D eigenvalue weighted by Gasteiger charge is 2.22. The van der Waals surface area contributed by atoms with E-state index in [9.17, 15) is 9.59 Å². The van der Waals surface area contributed by atoms with Crippen LogP contribution in [0.1, 0.15) is 181 Å². The monoisotopic (exact) mass is 619 g/mol. The van der Waals surface area contributed by atoms with Crippen LogP contribution >= 0.6 is 0 Å². The lowest BCUT2D eigenvalue weighted by molar-refractivity contribution is -0.146. The van der Waals surface area contributed by atoms with Gasteiger partial charge in [-0.3, -0.25) is 4.79 Å². The molecular formula is C36H66N4O4. The third-order valence-electron chi connectivity index (χ3n) is 8.22. The third kappa shape index (κ3) is 25.1. The zero-order chi connectivity index (χ0) is 31.8. The summed E-state index contributed by atoms with van der Waals surface area (Å²) in [6, 6.07) is -0.714. The quantitative estimate of drug-likeness (QED) is 0.0628. The summed E-state index contributed by atoms with van der Waals surface area (Å²) >= 11 is 0. The van der Waals surface area contributed by atoms with Gasteiger partial charge in [-0.1, -0.05) is 155 Å². The van der Waals surface area contributed by atoms with Crippen molar-refractivity contribution in [2.45, 2.75) is 187 Å². The van der Waals surface area contributed by atoms with Crippen LogP contribution in [-0.4, -0.2) is 46.1 Å². The molecule has 1 atom stereocenters. The fourth-order valence-electron chi connectivity index (χ4n) is 5.40. The van der Waals surface area contributed by atoms with E-state index in [1.807, 2.05) is 0 Å². The van der Waals surface area contributed by atoms with Crippen LogP contribution in [0.5, 0.6) is 0 Å². The van der Waals surface area contributed by atoms with Gasteiger partial charge < -0.3 is 14.8 Å². The molecule has 1 unspecified atom stereocenters. The number of nitrogens with zero attached hydrogens (tertiary/aromatic N) is 3. The van der Waals surface area contributed by atoms with E-state index in [2.05, 4.69) is 34.1 Å². The Labute approximate surface area is 269 Å². The van der Waals surface area contributed by atoms with E-state index in [0.717, 1.165) is 25.7 Å². The maximum atomic E-state index is 12.8. The highest BCUT2D eigenvalue weighted by atomic mass is 16.5. The molecule has 0 aliphatic carbocycles. The fraction of sp³-hybridized carbons (Fsp3) is 0.861. The summed E-state index contributed by atoms with van der Waals surface area (Å²) in [7, 11) is 0. The zero-order valence-corrected chi connectivity index (χ0v) is 28.5. The molecule has 1 rings (SSSR count). The Morgan fingerprint density at radius 1 is 0.591 bits per heavy atom. The van der Waals surface area contributed by atoms with Gasteiger partial charge in [0.25, 0.3) is 0 Å². The minimum atomic E-state index is -0.714. The van der Waals surface area contributed by atoms with Crippen molar-refractivity contribution >= 4 is 17.9 Å². The molecule has 8 nitrogen and oxygen atoms in total. The number of rotatable bonds is 32. The molecule has 254 valence electrons. The van der Waals surface area contributed by atoms with E-state index in [0.29, 0.717) is 13.2 Å². The summed E-state index contributed by atoms with van der Waals surface area (Å²) in [5, 5.41) is 3.00. The second-order valence-electron chi connectivity index (χ2n) is 12.4. The maximum absolute atomic E-state index is 12.8. The number of esters is 2. The van der Waals surface area contributed by atoms with Gasteiger partial charge in [-0.2, -0.15) is 0 Å². The van der Waals surface area contributed by atoms with Crippen molar-refractivity contribution in [3.05, 3.63) is 12.7 Å². The molecule has 0 aliphatic heterocycles. The summed E-state index contributed by atoms with van der Waals surface area (Å²) < 4.78 is 11.0. The van der Waals surface area contributed by atoms with Crippen molar-refractivity contribution in [2.75, 3.05) is 18.5 Å². The number of nitrogens with one attached hydrogen (secondary N) is 1. The number of hydrogen-bond donors (Lipinski definition) is 1. The predicted molar refractivity (Wildman–Crippen MR) is 181 cm³/mol. The molecule has 0 fully saturated rings. The van der Waals surface area contributed by atoms with Gasteiger partial charge >= 0.3 is 11.9 Å². The summed E-state index contributed by atoms with van der Waals surface area (Å²) in [6.45, 7) is 5.34. The van der Waals surface area contributed by atoms with Gasteiger partial charge in [-0.15, -0.1) is 0 Å². The van der Waals surface area contributed by atoms with Gasteiger partial charge in [0.05, 0.1) is 13.2 Å². The van der Waals surface area contributed by atoms with Crippen molar-refractivity contribution in [1.29, 1.82) is 0 Å². The van der Waals surface area contributed by atoms with E-state index in [1.54, 1.807) is 0 Å². The molecule has 0 bridgehead atoms. The molecule has 1 aromatic rings. The lowest BCUT2D eigenvalue weighted by Gasteiger charge is -2.17. The molecule has 0 aromatic carbocycles. The number of hydrogen-bond acceptors (Lipinski definition) is 8. The minimum Gasteiger partial charge on any atom is -0.466 e. The lowest BCUT2D eigenvalue weighted by atomic mass is 10.1. The second kappa shape index (κ2) is 30.8. The Morgan fingerprint density at radius 2 is 0.977 bits per heavy atom. The first-order chi connectivity index (χ1) is 21.7. The van der Waals surface area contributed by atoms with E-state index in [1.165, 1.54) is 141 Å². The molecule has 0 saturated heterocycles. The number of anilines is 1. The SMILES string of the molecule is CCCCCCCCCCCCCCOC(=O)CCC(Nc1ncncn1)C(=O)OCCCCCCCCCCCCCC. The minimum absolute atomic E-state index is 0.134. The largest absolute Gasteiger partial charge is 0.466 e. The molecule has 44 heavy (non-hydrogen) atoms. The van der Waals surface area contributed by atoms with Gasteiger partial charge in [0.1, 0.15) is 18.7 Å². The first kappa shape index (κ1) is 39.8. The van der Waals surface area contributed by atoms with E-state index in [-0.39, 0.29) is 30.7 Å². The molecule has 0 spiro atoms. The molecule has 0 radical (unpaired) electrons. The van der Waals surface area contributed by atoms with Crippen LogP contribution in [0.3, 0.4) is 0 Å². The van der Waals surface area contributed by atoms with Gasteiger partial charge in [-0.05, 0) is 19.3 Å². The summed E-state index contributed by atoms with van der Waals surface area (Å²) in [6.07, 6.45) is 33.5. The maximum Gasteiger partial charge on any atom is 0.328 e. The third-order valence-corrected chi connectivity index (χ3v) is 8.22. The van der Waals surface area contributed by atoms with Crippen LogP contribution in [-0.2, 0) is 19.1 Å². The predicted octanol–water partition coefficient (Wildman–Crippen LogP) is 9.92. The topological polar surface area (TPSA) is 103 Å². The molecular weight excluding hydrogens is 552 g/mol. The number of unbranched alkanes of at least 4 members (excludes halogenated alkanes) is 22. The molecule has 0 amide bonds. The van der Waals surface area contributed by atoms with Crippen LogP contribution in [0.15, 0.2) is 12.7 Å². The zero-order valence-electron chi connectivity index (χ0n) is 28.5. The van der Waals surface area contributed by atoms with Crippen LogP contribution in [0.2, 0.25) is 0 Å². The summed E-state index contributed by atoms with van der Waals surface area (Å²) in [5.41, 5.74) is 0. The Morgan fingerprint density at radius 3 is 1.41 bits per heavy atom. The number of aromatic nitrogens is 3. The lowest BCUT2D eigenvalue weighted by Crippen LogP contribution is -2.33. The first-order valence-corrected chi connectivity index (χ1v) is 18.4. The van der Waals surface area contributed by atoms with Crippen molar-refractivity contribution in [3.8, 4) is 0 Å². The van der Waals surface area contributed by atoms with Gasteiger partial charge in [0, 0.05) is 6.42 Å². The summed E-state index contributed by atoms with van der Waals surface area (Å²) in [5.74, 6) is -0.385. The van der Waals surface area contributed by atoms with Gasteiger partial charge in [0.2, 0.25) is 5.95 Å². The van der Waals surface area contributed by atoms with Crippen LogP contribution in [0.25, 0.3) is 0 Å². The van der Waals surface area contributed by atoms with Crippen LogP contribution in [0, 0.1) is 0 Å². The molecule has 0 aliphatic rings. The van der Waals surface area contributed by atoms with Gasteiger partial charge in [0.15, 0.2) is 0 Å². The Kier molecular flexibility index (Phi) is 27.8. The van der Waals surface area contributed by atoms with E-state index < -0.39 is 6.04 Å². The van der Waals surface area contributed by atoms with Gasteiger partial charge in [-0.25, -0.2) is 19.7 Å². The number of carbonyl (C=O) groups is 2. The highest BCUT2D eigenvalue weighted by molar-refractivity contribution is 5.79. The average molecular weight is 619 g/mol. The molecule has 1 N–H and O–H groups in total. The standard InChI is InChI=1S/C36H66N4O4/c1-3-5-7-9-11-13-15-17-19-21-23-25-29-43-34(41)28-27-33(40-36-38-31-37-32-39-36)35(42)44-30-26-24-22-20-18-16-14-12-10-8-6-4-2/h31-33H,3-30H2,1-2H3,(H,37,38,39,40). The Balaban J connectivity index is 2.15. The molecule has 1 aromatic heterocycles. The van der Waals surface area contributed by atoms with Crippen LogP contribution in [0.4, 0.5) is 5.95 Å². The van der Waals surface area contributed by atoms with Crippen molar-refractivity contribution < 1.29 is 19.1 Å². The fourth-order valence-corrected chi connectivity index (χ4v) is 5.40. The Bertz CT molecular complexity index is 781. The average Bonchev–Trinajstić information content (AvgIpc) is 3.04. The second-order valence-corrected chi connectivity index (χ2v) is 12.4. The molecule has 8 heteroatoms. The molecule has 1 heterocycles. The number of ether oxygens (including phenoxy) is 2. The number of carbonyl (C=O) groups excluding carboxylic acids is 2. The first-order valence-electron chi connectivity index (χ1n) is 18.4. The van der Waals surface area contributed by atoms with E-state index in [4.69, 9.17) is 9.47 Å². The smallest absolute Gasteiger partial charge is 0.328 e. The van der Waals surface area contributed by atoms with E-state index >= 15 is 0 Å². The normalized spacial score (nSPS) is 11.8. The summed E-state index contributed by atoms with van der Waals surface area (Å²) in [4.78, 5) is 37.1. The Hall–Kier alpha value is -2.25. The van der Waals surface area contributed by atoms with Crippen molar-refractivity contribution in [3.63, 3.8) is 0 Å². The van der Waals surface area contributed by atoms with Crippen molar-refractivity contribution in [2.24, 2.45) is 0 Å².